The molecule has 5 heteroatoms. The Bertz CT molecular complexity index is 717. The first-order valence-corrected chi connectivity index (χ1v) is 8.01. The first-order valence-electron chi connectivity index (χ1n) is 7.64. The predicted octanol–water partition coefficient (Wildman–Crippen LogP) is 5.16. The smallest absolute Gasteiger partial charge is 0.317 e. The van der Waals surface area contributed by atoms with Crippen molar-refractivity contribution in [3.63, 3.8) is 0 Å². The number of nitrogens with one attached hydrogen (secondary N) is 1. The van der Waals surface area contributed by atoms with Crippen molar-refractivity contribution >= 4 is 23.3 Å². The molecule has 1 fully saturated rings. The summed E-state index contributed by atoms with van der Waals surface area (Å²) < 4.78 is 13.6. The van der Waals surface area contributed by atoms with Gasteiger partial charge in [-0.2, -0.15) is 0 Å². The molecule has 1 atom stereocenters. The molecule has 1 aliphatic rings. The lowest BCUT2D eigenvalue weighted by Crippen LogP contribution is -2.34. The van der Waals surface area contributed by atoms with Gasteiger partial charge in [-0.1, -0.05) is 29.8 Å². The maximum Gasteiger partial charge on any atom is 0.322 e. The van der Waals surface area contributed by atoms with E-state index in [1.807, 2.05) is 24.3 Å². The SMILES string of the molecule is Cc1ccc(NC(=O)N2CCC[C@H]2c2ccc(Cl)cc2)cc1F. The molecule has 3 rings (SSSR count). The molecule has 2 amide bonds. The van der Waals surface area contributed by atoms with Crippen molar-refractivity contribution in [1.29, 1.82) is 0 Å². The molecule has 1 heterocycles. The van der Waals surface area contributed by atoms with Gasteiger partial charge in [-0.25, -0.2) is 9.18 Å². The largest absolute Gasteiger partial charge is 0.322 e. The normalized spacial score (nSPS) is 17.3. The van der Waals surface area contributed by atoms with Crippen LogP contribution in [0.5, 0.6) is 0 Å². The lowest BCUT2D eigenvalue weighted by atomic mass is 10.1. The summed E-state index contributed by atoms with van der Waals surface area (Å²) in [5.74, 6) is -0.321. The van der Waals surface area contributed by atoms with Gasteiger partial charge >= 0.3 is 6.03 Å². The van der Waals surface area contributed by atoms with Crippen LogP contribution in [0, 0.1) is 12.7 Å². The minimum absolute atomic E-state index is 0.0301. The van der Waals surface area contributed by atoms with Gasteiger partial charge in [-0.15, -0.1) is 0 Å². The molecule has 2 aromatic rings. The van der Waals surface area contributed by atoms with Crippen LogP contribution in [-0.4, -0.2) is 17.5 Å². The Kier molecular flexibility index (Phi) is 4.53. The fourth-order valence-corrected chi connectivity index (χ4v) is 3.03. The zero-order chi connectivity index (χ0) is 16.4. The van der Waals surface area contributed by atoms with E-state index < -0.39 is 0 Å². The van der Waals surface area contributed by atoms with Gasteiger partial charge < -0.3 is 10.2 Å². The van der Waals surface area contributed by atoms with Crippen LogP contribution in [0.1, 0.15) is 30.0 Å². The number of aryl methyl sites for hydroxylation is 1. The van der Waals surface area contributed by atoms with Crippen molar-refractivity contribution in [2.45, 2.75) is 25.8 Å². The number of hydrogen-bond donors (Lipinski definition) is 1. The molecule has 0 unspecified atom stereocenters. The highest BCUT2D eigenvalue weighted by molar-refractivity contribution is 6.30. The van der Waals surface area contributed by atoms with Crippen molar-refractivity contribution in [2.75, 3.05) is 11.9 Å². The van der Waals surface area contributed by atoms with Gasteiger partial charge in [-0.3, -0.25) is 0 Å². The van der Waals surface area contributed by atoms with Gasteiger partial charge in [0.15, 0.2) is 0 Å². The summed E-state index contributed by atoms with van der Waals surface area (Å²) in [5, 5.41) is 3.46. The Hall–Kier alpha value is -2.07. The molecule has 2 aromatic carbocycles. The van der Waals surface area contributed by atoms with Gasteiger partial charge in [0.25, 0.3) is 0 Å². The highest BCUT2D eigenvalue weighted by atomic mass is 35.5. The van der Waals surface area contributed by atoms with Crippen molar-refractivity contribution in [3.8, 4) is 0 Å². The van der Waals surface area contributed by atoms with Crippen molar-refractivity contribution in [3.05, 3.63) is 64.4 Å². The monoisotopic (exact) mass is 332 g/mol. The van der Waals surface area contributed by atoms with Crippen LogP contribution in [-0.2, 0) is 0 Å². The summed E-state index contributed by atoms with van der Waals surface area (Å²) in [6.45, 7) is 2.38. The Morgan fingerprint density at radius 2 is 2.00 bits per heavy atom. The number of carbonyl (C=O) groups is 1. The molecular weight excluding hydrogens is 315 g/mol. The zero-order valence-corrected chi connectivity index (χ0v) is 13.6. The fourth-order valence-electron chi connectivity index (χ4n) is 2.91. The highest BCUT2D eigenvalue weighted by Crippen LogP contribution is 2.33. The van der Waals surface area contributed by atoms with E-state index in [9.17, 15) is 9.18 Å². The first kappa shape index (κ1) is 15.8. The minimum Gasteiger partial charge on any atom is -0.317 e. The maximum absolute atomic E-state index is 13.6. The van der Waals surface area contributed by atoms with E-state index in [-0.39, 0.29) is 17.9 Å². The van der Waals surface area contributed by atoms with Crippen LogP contribution in [0.15, 0.2) is 42.5 Å². The molecule has 1 N–H and O–H groups in total. The standard InChI is InChI=1S/C18H18ClFN2O/c1-12-4-9-15(11-16(12)20)21-18(23)22-10-2-3-17(22)13-5-7-14(19)8-6-13/h4-9,11,17H,2-3,10H2,1H3,(H,21,23)/t17-/m0/s1. The van der Waals surface area contributed by atoms with Gasteiger partial charge in [0.05, 0.1) is 6.04 Å². The minimum atomic E-state index is -0.321. The average Bonchev–Trinajstić information content (AvgIpc) is 3.01. The highest BCUT2D eigenvalue weighted by Gasteiger charge is 2.30. The second-order valence-corrected chi connectivity index (χ2v) is 6.23. The van der Waals surface area contributed by atoms with E-state index in [4.69, 9.17) is 11.6 Å². The average molecular weight is 333 g/mol. The van der Waals surface area contributed by atoms with Crippen molar-refractivity contribution in [1.82, 2.24) is 4.90 Å². The van der Waals surface area contributed by atoms with E-state index in [0.717, 1.165) is 18.4 Å². The number of likely N-dealkylation sites (tertiary alicyclic amines) is 1. The molecule has 23 heavy (non-hydrogen) atoms. The number of carbonyl (C=O) groups excluding carboxylic acids is 1. The van der Waals surface area contributed by atoms with Crippen LogP contribution in [0.25, 0.3) is 0 Å². The van der Waals surface area contributed by atoms with Crippen LogP contribution in [0.2, 0.25) is 5.02 Å². The predicted molar refractivity (Wildman–Crippen MR) is 90.3 cm³/mol. The number of halogens is 2. The fraction of sp³-hybridized carbons (Fsp3) is 0.278. The van der Waals surface area contributed by atoms with E-state index >= 15 is 0 Å². The van der Waals surface area contributed by atoms with Crippen LogP contribution >= 0.6 is 11.6 Å². The second kappa shape index (κ2) is 6.59. The van der Waals surface area contributed by atoms with Crippen LogP contribution < -0.4 is 5.32 Å². The molecule has 0 radical (unpaired) electrons. The zero-order valence-electron chi connectivity index (χ0n) is 12.9. The Labute approximate surface area is 140 Å². The molecule has 0 spiro atoms. The quantitative estimate of drug-likeness (QED) is 0.809. The Morgan fingerprint density at radius 3 is 2.70 bits per heavy atom. The topological polar surface area (TPSA) is 32.3 Å². The molecule has 3 nitrogen and oxygen atoms in total. The van der Waals surface area contributed by atoms with E-state index in [2.05, 4.69) is 5.32 Å². The number of amides is 2. The number of hydrogen-bond acceptors (Lipinski definition) is 1. The molecule has 1 saturated heterocycles. The molecule has 1 aliphatic heterocycles. The third-order valence-electron chi connectivity index (χ3n) is 4.19. The van der Waals surface area contributed by atoms with E-state index in [0.29, 0.717) is 22.8 Å². The number of urea groups is 1. The molecule has 0 bridgehead atoms. The van der Waals surface area contributed by atoms with E-state index in [1.165, 1.54) is 6.07 Å². The second-order valence-electron chi connectivity index (χ2n) is 5.80. The van der Waals surface area contributed by atoms with Gasteiger partial charge in [-0.05, 0) is 55.2 Å². The van der Waals surface area contributed by atoms with Crippen molar-refractivity contribution in [2.24, 2.45) is 0 Å². The Balaban J connectivity index is 1.75. The number of anilines is 1. The van der Waals surface area contributed by atoms with Crippen LogP contribution in [0.3, 0.4) is 0 Å². The van der Waals surface area contributed by atoms with Crippen LogP contribution in [0.4, 0.5) is 14.9 Å². The number of benzene rings is 2. The third-order valence-corrected chi connectivity index (χ3v) is 4.44. The summed E-state index contributed by atoms with van der Waals surface area (Å²) in [6.07, 6.45) is 1.86. The lowest BCUT2D eigenvalue weighted by Gasteiger charge is -2.25. The summed E-state index contributed by atoms with van der Waals surface area (Å²) in [7, 11) is 0. The summed E-state index contributed by atoms with van der Waals surface area (Å²) in [4.78, 5) is 14.3. The summed E-state index contributed by atoms with van der Waals surface area (Å²) in [5.41, 5.74) is 2.10. The summed E-state index contributed by atoms with van der Waals surface area (Å²) >= 11 is 5.92. The molecule has 120 valence electrons. The molecule has 0 saturated carbocycles. The number of rotatable bonds is 2. The molecule has 0 aromatic heterocycles. The van der Waals surface area contributed by atoms with Crippen molar-refractivity contribution < 1.29 is 9.18 Å². The van der Waals surface area contributed by atoms with Gasteiger partial charge in [0.1, 0.15) is 5.82 Å². The Morgan fingerprint density at radius 1 is 1.26 bits per heavy atom. The lowest BCUT2D eigenvalue weighted by molar-refractivity contribution is 0.207. The van der Waals surface area contributed by atoms with Gasteiger partial charge in [0.2, 0.25) is 0 Å². The first-order chi connectivity index (χ1) is 11.0. The number of nitrogens with zero attached hydrogens (tertiary/aromatic N) is 1. The van der Waals surface area contributed by atoms with Gasteiger partial charge in [0, 0.05) is 17.3 Å². The summed E-state index contributed by atoms with van der Waals surface area (Å²) in [6, 6.07) is 12.1. The molecule has 0 aliphatic carbocycles. The maximum atomic E-state index is 13.6. The van der Waals surface area contributed by atoms with E-state index in [1.54, 1.807) is 24.0 Å². The molecular formula is C18H18ClFN2O. The third kappa shape index (κ3) is 3.48.